The van der Waals surface area contributed by atoms with E-state index in [0.29, 0.717) is 30.9 Å². The largest absolute Gasteiger partial charge is 0.432 e. The van der Waals surface area contributed by atoms with Gasteiger partial charge in [0.05, 0.1) is 24.7 Å². The number of alkyl halides is 4. The second kappa shape index (κ2) is 14.7. The van der Waals surface area contributed by atoms with Gasteiger partial charge in [-0.1, -0.05) is 45.4 Å². The van der Waals surface area contributed by atoms with E-state index in [2.05, 4.69) is 11.7 Å². The van der Waals surface area contributed by atoms with Crippen LogP contribution in [0.15, 0.2) is 24.3 Å². The van der Waals surface area contributed by atoms with Crippen molar-refractivity contribution in [1.82, 2.24) is 0 Å². The normalized spacial score (nSPS) is 23.1. The fraction of sp³-hybridized carbons (Fsp3) is 0.625. The van der Waals surface area contributed by atoms with Crippen LogP contribution in [0.25, 0.3) is 0 Å². The van der Waals surface area contributed by atoms with Gasteiger partial charge in [0, 0.05) is 12.1 Å². The van der Waals surface area contributed by atoms with Crippen molar-refractivity contribution >= 4 is 0 Å². The Labute approximate surface area is 251 Å². The lowest BCUT2D eigenvalue weighted by Gasteiger charge is -2.37. The Bertz CT molecular complexity index is 1190. The van der Waals surface area contributed by atoms with Crippen molar-refractivity contribution in [2.75, 3.05) is 6.61 Å². The van der Waals surface area contributed by atoms with Crippen molar-refractivity contribution in [3.63, 3.8) is 0 Å². The van der Waals surface area contributed by atoms with Gasteiger partial charge in [-0.25, -0.2) is 22.0 Å². The lowest BCUT2D eigenvalue weighted by molar-refractivity contribution is -0.310. The first-order valence-corrected chi connectivity index (χ1v) is 15.2. The van der Waals surface area contributed by atoms with Gasteiger partial charge in [-0.05, 0) is 62.1 Å². The molecule has 246 valence electrons. The summed E-state index contributed by atoms with van der Waals surface area (Å²) in [7, 11) is 0. The van der Waals surface area contributed by atoms with Gasteiger partial charge >= 0.3 is 12.2 Å². The third-order valence-corrected chi connectivity index (χ3v) is 8.53. The van der Waals surface area contributed by atoms with Gasteiger partial charge in [-0.15, -0.1) is 0 Å². The summed E-state index contributed by atoms with van der Waals surface area (Å²) in [5.41, 5.74) is -1.99. The van der Waals surface area contributed by atoms with E-state index in [0.717, 1.165) is 25.7 Å². The molecule has 44 heavy (non-hydrogen) atoms. The molecule has 2 atom stereocenters. The number of unbranched alkanes of at least 4 members (excludes halogenated alkanes) is 4. The lowest BCUT2D eigenvalue weighted by Crippen LogP contribution is -2.40. The molecule has 2 aromatic rings. The topological polar surface area (TPSA) is 27.7 Å². The third-order valence-electron chi connectivity index (χ3n) is 8.53. The van der Waals surface area contributed by atoms with E-state index in [-0.39, 0.29) is 37.1 Å². The molecule has 0 bridgehead atoms. The Balaban J connectivity index is 1.29. The Morgan fingerprint density at radius 2 is 1.36 bits per heavy atom. The summed E-state index contributed by atoms with van der Waals surface area (Å²) in [5, 5.41) is 0. The third kappa shape index (κ3) is 8.62. The van der Waals surface area contributed by atoms with Crippen LogP contribution in [0.4, 0.5) is 39.5 Å². The Morgan fingerprint density at radius 1 is 0.750 bits per heavy atom. The molecule has 0 amide bonds. The number of hydrogen-bond acceptors (Lipinski definition) is 3. The van der Waals surface area contributed by atoms with Crippen LogP contribution in [-0.4, -0.2) is 18.8 Å². The molecule has 1 saturated heterocycles. The zero-order valence-corrected chi connectivity index (χ0v) is 24.4. The summed E-state index contributed by atoms with van der Waals surface area (Å²) in [5.74, 6) is -10.7. The molecule has 1 heterocycles. The molecule has 2 unspecified atom stereocenters. The summed E-state index contributed by atoms with van der Waals surface area (Å²) in [6.45, 7) is 1.86. The second-order valence-corrected chi connectivity index (χ2v) is 11.8. The first-order valence-electron chi connectivity index (χ1n) is 15.2. The molecule has 0 radical (unpaired) electrons. The van der Waals surface area contributed by atoms with Crippen molar-refractivity contribution in [3.8, 4) is 5.75 Å². The maximum Gasteiger partial charge on any atom is 0.432 e. The van der Waals surface area contributed by atoms with Crippen molar-refractivity contribution in [2.45, 2.75) is 108 Å². The van der Waals surface area contributed by atoms with Crippen LogP contribution in [0, 0.1) is 40.9 Å². The highest BCUT2D eigenvalue weighted by Gasteiger charge is 2.46. The summed E-state index contributed by atoms with van der Waals surface area (Å²) in [4.78, 5) is 0. The SMILES string of the molecule is CCCCCCCC1CCC(C(F)(F)OC2CCC(c3cc(F)c(C(F)(F)Oc4cc(F)c(F)c(F)c4)c(F)c3)OC2)CC1. The number of ether oxygens (including phenoxy) is 3. The van der Waals surface area contributed by atoms with Crippen molar-refractivity contribution in [3.05, 3.63) is 64.5 Å². The Kier molecular flexibility index (Phi) is 11.5. The van der Waals surface area contributed by atoms with Crippen LogP contribution in [0.1, 0.15) is 101 Å². The van der Waals surface area contributed by atoms with Crippen LogP contribution >= 0.6 is 0 Å². The fourth-order valence-corrected chi connectivity index (χ4v) is 6.07. The first kappa shape index (κ1) is 34.4. The molecule has 1 aliphatic heterocycles. The smallest absolute Gasteiger partial charge is 0.429 e. The van der Waals surface area contributed by atoms with Gasteiger partial charge in [0.2, 0.25) is 0 Å². The van der Waals surface area contributed by atoms with Crippen LogP contribution < -0.4 is 4.74 Å². The van der Waals surface area contributed by atoms with E-state index in [1.165, 1.54) is 25.7 Å². The molecule has 1 saturated carbocycles. The molecule has 12 heteroatoms. The molecule has 0 N–H and O–H groups in total. The van der Waals surface area contributed by atoms with Crippen LogP contribution in [-0.2, 0) is 15.6 Å². The molecule has 4 rings (SSSR count). The van der Waals surface area contributed by atoms with Crippen molar-refractivity contribution in [1.29, 1.82) is 0 Å². The number of hydrogen-bond donors (Lipinski definition) is 0. The summed E-state index contributed by atoms with van der Waals surface area (Å²) < 4.78 is 143. The molecule has 2 aliphatic rings. The van der Waals surface area contributed by atoms with Gasteiger partial charge in [-0.3, -0.25) is 0 Å². The van der Waals surface area contributed by atoms with Crippen molar-refractivity contribution in [2.24, 2.45) is 11.8 Å². The predicted octanol–water partition coefficient (Wildman–Crippen LogP) is 10.5. The van der Waals surface area contributed by atoms with E-state index in [4.69, 9.17) is 9.47 Å². The van der Waals surface area contributed by atoms with E-state index in [1.807, 2.05) is 0 Å². The van der Waals surface area contributed by atoms with Gasteiger partial charge in [-0.2, -0.15) is 17.6 Å². The number of halogens is 9. The zero-order chi connectivity index (χ0) is 32.1. The molecule has 0 aromatic heterocycles. The van der Waals surface area contributed by atoms with Crippen molar-refractivity contribution < 1.29 is 53.7 Å². The standard InChI is InChI=1S/C32H37F9O3/c1-2-3-4-5-6-7-19-8-10-21(11-9-19)31(38,39)43-22-12-13-28(42-18-22)20-14-24(33)29(25(34)15-20)32(40,41)44-23-16-26(35)30(37)27(36)17-23/h14-17,19,21-22,28H,2-13,18H2,1H3. The highest BCUT2D eigenvalue weighted by molar-refractivity contribution is 5.32. The van der Waals surface area contributed by atoms with E-state index in [9.17, 15) is 39.5 Å². The van der Waals surface area contributed by atoms with Crippen LogP contribution in [0.3, 0.4) is 0 Å². The van der Waals surface area contributed by atoms with Gasteiger partial charge in [0.25, 0.3) is 0 Å². The molecular weight excluding hydrogens is 603 g/mol. The maximum absolute atomic E-state index is 15.0. The average molecular weight is 641 g/mol. The molecule has 2 aromatic carbocycles. The minimum atomic E-state index is -4.73. The van der Waals surface area contributed by atoms with Crippen LogP contribution in [0.5, 0.6) is 5.75 Å². The predicted molar refractivity (Wildman–Crippen MR) is 144 cm³/mol. The summed E-state index contributed by atoms with van der Waals surface area (Å²) >= 11 is 0. The molecule has 0 spiro atoms. The molecule has 2 fully saturated rings. The zero-order valence-electron chi connectivity index (χ0n) is 24.4. The highest BCUT2D eigenvalue weighted by Crippen LogP contribution is 2.43. The average Bonchev–Trinajstić information content (AvgIpc) is 2.95. The second-order valence-electron chi connectivity index (χ2n) is 11.8. The molecule has 1 aliphatic carbocycles. The lowest BCUT2D eigenvalue weighted by atomic mass is 9.79. The van der Waals surface area contributed by atoms with Gasteiger partial charge in [0.15, 0.2) is 17.5 Å². The monoisotopic (exact) mass is 640 g/mol. The van der Waals surface area contributed by atoms with Gasteiger partial charge < -0.3 is 14.2 Å². The highest BCUT2D eigenvalue weighted by atomic mass is 19.3. The summed E-state index contributed by atoms with van der Waals surface area (Å²) in [6.07, 6.45) is -0.773. The van der Waals surface area contributed by atoms with E-state index < -0.39 is 70.7 Å². The first-order chi connectivity index (χ1) is 20.8. The number of benzene rings is 2. The Morgan fingerprint density at radius 3 is 1.93 bits per heavy atom. The Hall–Kier alpha value is -2.47. The maximum atomic E-state index is 15.0. The van der Waals surface area contributed by atoms with E-state index >= 15 is 0 Å². The summed E-state index contributed by atoms with van der Waals surface area (Å²) in [6, 6.07) is 1.39. The fourth-order valence-electron chi connectivity index (χ4n) is 6.07. The minimum absolute atomic E-state index is 0.0325. The minimum Gasteiger partial charge on any atom is -0.429 e. The van der Waals surface area contributed by atoms with Gasteiger partial charge in [0.1, 0.15) is 22.9 Å². The number of rotatable bonds is 13. The van der Waals surface area contributed by atoms with E-state index in [1.54, 1.807) is 0 Å². The molecular formula is C32H37F9O3. The molecule has 3 nitrogen and oxygen atoms in total. The quantitative estimate of drug-likeness (QED) is 0.124. The van der Waals surface area contributed by atoms with Crippen LogP contribution in [0.2, 0.25) is 0 Å².